The Bertz CT molecular complexity index is 921. The molecule has 3 heterocycles. The summed E-state index contributed by atoms with van der Waals surface area (Å²) in [6.45, 7) is 4.27. The summed E-state index contributed by atoms with van der Waals surface area (Å²) in [6, 6.07) is 8.08. The summed E-state index contributed by atoms with van der Waals surface area (Å²) in [6.07, 6.45) is 3.47. The molecular formula is C21H26FN5O2. The molecule has 2 aromatic rings. The maximum Gasteiger partial charge on any atom is 0.268 e. The smallest absolute Gasteiger partial charge is 0.268 e. The first-order valence-electron chi connectivity index (χ1n) is 10.1. The van der Waals surface area contributed by atoms with E-state index in [4.69, 9.17) is 0 Å². The second-order valence-electron chi connectivity index (χ2n) is 7.75. The molecule has 0 unspecified atom stereocenters. The Morgan fingerprint density at radius 1 is 1.03 bits per heavy atom. The fourth-order valence-corrected chi connectivity index (χ4v) is 4.14. The Balaban J connectivity index is 1.36. The lowest BCUT2D eigenvalue weighted by molar-refractivity contribution is -0.136. The number of amides is 1. The van der Waals surface area contributed by atoms with Crippen LogP contribution in [0.1, 0.15) is 12.8 Å². The maximum absolute atomic E-state index is 13.1. The summed E-state index contributed by atoms with van der Waals surface area (Å²) in [4.78, 5) is 31.2. The first kappa shape index (κ1) is 19.4. The van der Waals surface area contributed by atoms with Crippen LogP contribution in [-0.4, -0.2) is 59.9 Å². The van der Waals surface area contributed by atoms with Crippen molar-refractivity contribution < 1.29 is 9.18 Å². The van der Waals surface area contributed by atoms with Crippen LogP contribution < -0.4 is 15.4 Å². The van der Waals surface area contributed by atoms with Gasteiger partial charge in [0, 0.05) is 58.1 Å². The van der Waals surface area contributed by atoms with Crippen molar-refractivity contribution >= 4 is 17.3 Å². The van der Waals surface area contributed by atoms with E-state index in [2.05, 4.69) is 14.9 Å². The van der Waals surface area contributed by atoms with Crippen LogP contribution in [-0.2, 0) is 11.8 Å². The molecule has 0 spiro atoms. The summed E-state index contributed by atoms with van der Waals surface area (Å²) < 4.78 is 14.4. The Morgan fingerprint density at radius 2 is 1.76 bits per heavy atom. The molecule has 0 aliphatic carbocycles. The number of aryl methyl sites for hydroxylation is 1. The minimum absolute atomic E-state index is 0.0646. The van der Waals surface area contributed by atoms with Gasteiger partial charge in [-0.15, -0.1) is 0 Å². The lowest BCUT2D eigenvalue weighted by Crippen LogP contribution is -2.52. The fourth-order valence-electron chi connectivity index (χ4n) is 4.14. The minimum Gasteiger partial charge on any atom is -0.369 e. The highest BCUT2D eigenvalue weighted by Crippen LogP contribution is 2.24. The van der Waals surface area contributed by atoms with Crippen LogP contribution in [0.25, 0.3) is 0 Å². The Hall–Kier alpha value is -2.90. The molecular weight excluding hydrogens is 373 g/mol. The number of aromatic nitrogens is 2. The molecule has 2 saturated heterocycles. The van der Waals surface area contributed by atoms with Gasteiger partial charge >= 0.3 is 0 Å². The fraction of sp³-hybridized carbons (Fsp3) is 0.476. The standard InChI is InChI=1S/C21H26FN5O2/c1-24-20(28)13-19(14-23-24)27-8-2-3-16(15-27)21(29)26-11-9-25(10-12-26)18-6-4-17(22)5-7-18/h4-7,13-14,16H,2-3,8-12,15H2,1H3/t16-/m1/s1. The van der Waals surface area contributed by atoms with Gasteiger partial charge < -0.3 is 14.7 Å². The molecule has 7 nitrogen and oxygen atoms in total. The normalized spacial score (nSPS) is 20.1. The number of rotatable bonds is 3. The van der Waals surface area contributed by atoms with E-state index >= 15 is 0 Å². The molecule has 0 radical (unpaired) electrons. The predicted octanol–water partition coefficient (Wildman–Crippen LogP) is 1.48. The zero-order chi connectivity index (χ0) is 20.4. The first-order chi connectivity index (χ1) is 14.0. The molecule has 154 valence electrons. The summed E-state index contributed by atoms with van der Waals surface area (Å²) in [7, 11) is 1.63. The molecule has 1 amide bonds. The van der Waals surface area contributed by atoms with Crippen molar-refractivity contribution in [3.63, 3.8) is 0 Å². The Labute approximate surface area is 169 Å². The molecule has 2 aliphatic rings. The highest BCUT2D eigenvalue weighted by atomic mass is 19.1. The molecule has 0 saturated carbocycles. The van der Waals surface area contributed by atoms with Crippen molar-refractivity contribution in [1.29, 1.82) is 0 Å². The van der Waals surface area contributed by atoms with E-state index in [9.17, 15) is 14.0 Å². The summed E-state index contributed by atoms with van der Waals surface area (Å²) in [5, 5.41) is 4.09. The van der Waals surface area contributed by atoms with E-state index in [1.54, 1.807) is 31.4 Å². The molecule has 2 aliphatic heterocycles. The Kier molecular flexibility index (Phi) is 5.51. The minimum atomic E-state index is -0.240. The van der Waals surface area contributed by atoms with Crippen molar-refractivity contribution in [2.24, 2.45) is 13.0 Å². The number of anilines is 2. The summed E-state index contributed by atoms with van der Waals surface area (Å²) in [5.74, 6) is -0.119. The van der Waals surface area contributed by atoms with Gasteiger partial charge in [0.25, 0.3) is 5.56 Å². The third-order valence-electron chi connectivity index (χ3n) is 5.87. The SMILES string of the molecule is Cn1ncc(N2CCC[C@@H](C(=O)N3CCN(c4ccc(F)cc4)CC3)C2)cc1=O. The third-order valence-corrected chi connectivity index (χ3v) is 5.87. The second-order valence-corrected chi connectivity index (χ2v) is 7.75. The highest BCUT2D eigenvalue weighted by Gasteiger charge is 2.31. The van der Waals surface area contributed by atoms with Crippen LogP contribution in [0.15, 0.2) is 41.3 Å². The number of benzene rings is 1. The molecule has 8 heteroatoms. The number of hydrogen-bond acceptors (Lipinski definition) is 5. The van der Waals surface area contributed by atoms with Gasteiger partial charge in [0.05, 0.1) is 17.8 Å². The zero-order valence-electron chi connectivity index (χ0n) is 16.6. The van der Waals surface area contributed by atoms with E-state index < -0.39 is 0 Å². The predicted molar refractivity (Wildman–Crippen MR) is 110 cm³/mol. The van der Waals surface area contributed by atoms with Gasteiger partial charge in [-0.1, -0.05) is 0 Å². The van der Waals surface area contributed by atoms with Crippen molar-refractivity contribution in [3.8, 4) is 0 Å². The van der Waals surface area contributed by atoms with Crippen LogP contribution in [0, 0.1) is 11.7 Å². The number of carbonyl (C=O) groups is 1. The van der Waals surface area contributed by atoms with E-state index in [1.165, 1.54) is 16.8 Å². The van der Waals surface area contributed by atoms with Crippen molar-refractivity contribution in [1.82, 2.24) is 14.7 Å². The van der Waals surface area contributed by atoms with Crippen LogP contribution in [0.4, 0.5) is 15.8 Å². The number of hydrogen-bond donors (Lipinski definition) is 0. The van der Waals surface area contributed by atoms with Crippen molar-refractivity contribution in [3.05, 3.63) is 52.7 Å². The average molecular weight is 399 g/mol. The quantitative estimate of drug-likeness (QED) is 0.783. The average Bonchev–Trinajstić information content (AvgIpc) is 2.76. The van der Waals surface area contributed by atoms with Crippen LogP contribution in [0.2, 0.25) is 0 Å². The molecule has 1 aromatic heterocycles. The van der Waals surface area contributed by atoms with Gasteiger partial charge in [0.2, 0.25) is 5.91 Å². The highest BCUT2D eigenvalue weighted by molar-refractivity contribution is 5.80. The topological polar surface area (TPSA) is 61.7 Å². The van der Waals surface area contributed by atoms with Crippen LogP contribution >= 0.6 is 0 Å². The van der Waals surface area contributed by atoms with E-state index in [-0.39, 0.29) is 23.2 Å². The van der Waals surface area contributed by atoms with Crippen LogP contribution in [0.3, 0.4) is 0 Å². The molecule has 0 N–H and O–H groups in total. The third kappa shape index (κ3) is 4.26. The first-order valence-corrected chi connectivity index (χ1v) is 10.1. The Morgan fingerprint density at radius 3 is 2.45 bits per heavy atom. The van der Waals surface area contributed by atoms with Gasteiger partial charge in [0.1, 0.15) is 5.82 Å². The van der Waals surface area contributed by atoms with Crippen LogP contribution in [0.5, 0.6) is 0 Å². The van der Waals surface area contributed by atoms with Gasteiger partial charge in [0.15, 0.2) is 0 Å². The van der Waals surface area contributed by atoms with Crippen molar-refractivity contribution in [2.45, 2.75) is 12.8 Å². The molecule has 2 fully saturated rings. The second kappa shape index (κ2) is 8.23. The largest absolute Gasteiger partial charge is 0.369 e. The molecule has 29 heavy (non-hydrogen) atoms. The monoisotopic (exact) mass is 399 g/mol. The molecule has 4 rings (SSSR count). The lowest BCUT2D eigenvalue weighted by Gasteiger charge is -2.40. The number of nitrogens with zero attached hydrogens (tertiary/aromatic N) is 5. The number of piperidine rings is 1. The van der Waals surface area contributed by atoms with E-state index in [1.807, 2.05) is 4.90 Å². The summed E-state index contributed by atoms with van der Waals surface area (Å²) in [5.41, 5.74) is 1.63. The van der Waals surface area contributed by atoms with Gasteiger partial charge in [-0.05, 0) is 37.1 Å². The lowest BCUT2D eigenvalue weighted by atomic mass is 9.96. The number of halogens is 1. The molecule has 0 bridgehead atoms. The maximum atomic E-state index is 13.1. The number of carbonyl (C=O) groups excluding carboxylic acids is 1. The number of piperazine rings is 1. The van der Waals surface area contributed by atoms with E-state index in [0.29, 0.717) is 19.6 Å². The van der Waals surface area contributed by atoms with E-state index in [0.717, 1.165) is 43.9 Å². The molecule has 1 aromatic carbocycles. The summed E-state index contributed by atoms with van der Waals surface area (Å²) >= 11 is 0. The molecule has 1 atom stereocenters. The van der Waals surface area contributed by atoms with Crippen molar-refractivity contribution in [2.75, 3.05) is 49.1 Å². The zero-order valence-corrected chi connectivity index (χ0v) is 16.6. The van der Waals surface area contributed by atoms with Gasteiger partial charge in [-0.25, -0.2) is 9.07 Å². The van der Waals surface area contributed by atoms with Gasteiger partial charge in [-0.3, -0.25) is 9.59 Å². The van der Waals surface area contributed by atoms with Gasteiger partial charge in [-0.2, -0.15) is 5.10 Å².